The van der Waals surface area contributed by atoms with Gasteiger partial charge in [0.15, 0.2) is 0 Å². The van der Waals surface area contributed by atoms with Crippen molar-refractivity contribution in [2.24, 2.45) is 0 Å². The van der Waals surface area contributed by atoms with E-state index in [2.05, 4.69) is 18.4 Å². The fourth-order valence-electron chi connectivity index (χ4n) is 3.17. The molecule has 25 heavy (non-hydrogen) atoms. The average Bonchev–Trinajstić information content (AvgIpc) is 2.97. The molecule has 3 rings (SSSR count). The zero-order valence-electron chi connectivity index (χ0n) is 14.5. The number of carbonyl (C=O) groups is 2. The second kappa shape index (κ2) is 6.73. The first-order chi connectivity index (χ1) is 11.8. The van der Waals surface area contributed by atoms with Crippen molar-refractivity contribution in [2.45, 2.75) is 33.7 Å². The van der Waals surface area contributed by atoms with Crippen LogP contribution in [0.4, 0.5) is 10.5 Å². The van der Waals surface area contributed by atoms with E-state index in [1.54, 1.807) is 24.3 Å². The van der Waals surface area contributed by atoms with Gasteiger partial charge in [-0.1, -0.05) is 11.6 Å². The van der Waals surface area contributed by atoms with Crippen LogP contribution in [-0.4, -0.2) is 15.7 Å². The lowest BCUT2D eigenvalue weighted by Gasteiger charge is -2.13. The minimum atomic E-state index is -0.299. The monoisotopic (exact) mass is 374 g/mol. The smallest absolute Gasteiger partial charge is 0.298 e. The summed E-state index contributed by atoms with van der Waals surface area (Å²) >= 11 is 6.84. The summed E-state index contributed by atoms with van der Waals surface area (Å²) in [6.07, 6.45) is 1.81. The van der Waals surface area contributed by atoms with Gasteiger partial charge in [-0.05, 0) is 81.4 Å². The number of aryl methyl sites for hydroxylation is 1. The molecular formula is C19H19ClN2O2S. The molecule has 0 unspecified atom stereocenters. The number of anilines is 1. The fraction of sp³-hybridized carbons (Fsp3) is 0.263. The first-order valence-corrected chi connectivity index (χ1v) is 9.21. The van der Waals surface area contributed by atoms with E-state index >= 15 is 0 Å². The zero-order chi connectivity index (χ0) is 18.3. The Kier molecular flexibility index (Phi) is 4.80. The Morgan fingerprint density at radius 3 is 2.32 bits per heavy atom. The third-order valence-corrected chi connectivity index (χ3v) is 5.33. The summed E-state index contributed by atoms with van der Waals surface area (Å²) in [5.74, 6) is -0.299. The van der Waals surface area contributed by atoms with E-state index in [1.807, 2.05) is 26.0 Å². The third kappa shape index (κ3) is 3.26. The maximum Gasteiger partial charge on any atom is 0.298 e. The maximum atomic E-state index is 12.7. The second-order valence-corrected chi connectivity index (χ2v) is 7.71. The summed E-state index contributed by atoms with van der Waals surface area (Å²) in [7, 11) is 0. The van der Waals surface area contributed by atoms with Crippen molar-refractivity contribution in [3.8, 4) is 0 Å². The largest absolute Gasteiger partial charge is 0.346 e. The van der Waals surface area contributed by atoms with Crippen LogP contribution in [0.15, 0.2) is 35.2 Å². The Morgan fingerprint density at radius 2 is 1.76 bits per heavy atom. The maximum absolute atomic E-state index is 12.7. The van der Waals surface area contributed by atoms with Gasteiger partial charge < -0.3 is 4.57 Å². The second-order valence-electron chi connectivity index (χ2n) is 6.28. The van der Waals surface area contributed by atoms with Gasteiger partial charge in [-0.15, -0.1) is 0 Å². The molecule has 0 spiro atoms. The normalized spacial score (nSPS) is 16.6. The van der Waals surface area contributed by atoms with Crippen molar-refractivity contribution in [1.82, 2.24) is 4.57 Å². The van der Waals surface area contributed by atoms with Crippen molar-refractivity contribution >= 4 is 46.3 Å². The summed E-state index contributed by atoms with van der Waals surface area (Å²) in [6.45, 7) is 8.32. The molecule has 1 fully saturated rings. The highest BCUT2D eigenvalue weighted by Gasteiger charge is 2.36. The third-order valence-electron chi connectivity index (χ3n) is 4.21. The number of carbonyl (C=O) groups excluding carboxylic acids is 2. The number of hydrogen-bond acceptors (Lipinski definition) is 3. The van der Waals surface area contributed by atoms with Gasteiger partial charge >= 0.3 is 0 Å². The molecule has 2 amide bonds. The number of nitrogens with zero attached hydrogens (tertiary/aromatic N) is 2. The van der Waals surface area contributed by atoms with Gasteiger partial charge in [0, 0.05) is 22.5 Å². The van der Waals surface area contributed by atoms with Crippen LogP contribution in [0, 0.1) is 13.8 Å². The number of imide groups is 1. The summed E-state index contributed by atoms with van der Waals surface area (Å²) < 4.78 is 2.22. The molecule has 0 N–H and O–H groups in total. The SMILES string of the molecule is Cc1cc(/C=C2/SC(=O)N(c3ccc(Cl)cc3)C2=O)c(C)n1C(C)C. The Balaban J connectivity index is 1.96. The van der Waals surface area contributed by atoms with Crippen LogP contribution in [0.3, 0.4) is 0 Å². The van der Waals surface area contributed by atoms with Crippen LogP contribution in [-0.2, 0) is 4.79 Å². The molecule has 0 bridgehead atoms. The number of amides is 2. The van der Waals surface area contributed by atoms with E-state index in [4.69, 9.17) is 11.6 Å². The summed E-state index contributed by atoms with van der Waals surface area (Å²) in [6, 6.07) is 9.07. The molecule has 2 heterocycles. The van der Waals surface area contributed by atoms with Crippen molar-refractivity contribution in [1.29, 1.82) is 0 Å². The molecule has 0 radical (unpaired) electrons. The van der Waals surface area contributed by atoms with Gasteiger partial charge in [-0.2, -0.15) is 0 Å². The predicted octanol–water partition coefficient (Wildman–Crippen LogP) is 5.58. The molecular weight excluding hydrogens is 356 g/mol. The quantitative estimate of drug-likeness (QED) is 0.658. The Morgan fingerprint density at radius 1 is 1.12 bits per heavy atom. The molecule has 1 aromatic heterocycles. The van der Waals surface area contributed by atoms with Crippen LogP contribution < -0.4 is 4.90 Å². The Bertz CT molecular complexity index is 882. The Labute approximate surface area is 156 Å². The molecule has 2 aromatic rings. The van der Waals surface area contributed by atoms with Crippen LogP contribution >= 0.6 is 23.4 Å². The summed E-state index contributed by atoms with van der Waals surface area (Å²) in [5, 5.41) is 0.267. The summed E-state index contributed by atoms with van der Waals surface area (Å²) in [4.78, 5) is 26.7. The van der Waals surface area contributed by atoms with Crippen LogP contribution in [0.25, 0.3) is 6.08 Å². The highest BCUT2D eigenvalue weighted by atomic mass is 35.5. The first-order valence-electron chi connectivity index (χ1n) is 8.01. The number of hydrogen-bond donors (Lipinski definition) is 0. The Hall–Kier alpha value is -1.98. The van der Waals surface area contributed by atoms with E-state index < -0.39 is 0 Å². The molecule has 0 aliphatic carbocycles. The molecule has 1 aliphatic rings. The summed E-state index contributed by atoms with van der Waals surface area (Å²) in [5.41, 5.74) is 3.72. The van der Waals surface area contributed by atoms with Crippen molar-refractivity contribution < 1.29 is 9.59 Å². The van der Waals surface area contributed by atoms with Gasteiger partial charge in [0.25, 0.3) is 11.1 Å². The predicted molar refractivity (Wildman–Crippen MR) is 104 cm³/mol. The molecule has 1 aromatic carbocycles. The molecule has 0 atom stereocenters. The van der Waals surface area contributed by atoms with E-state index in [-0.39, 0.29) is 11.1 Å². The fourth-order valence-corrected chi connectivity index (χ4v) is 4.12. The van der Waals surface area contributed by atoms with E-state index in [1.165, 1.54) is 4.90 Å². The van der Waals surface area contributed by atoms with Crippen LogP contribution in [0.2, 0.25) is 5.02 Å². The number of halogens is 1. The lowest BCUT2D eigenvalue weighted by atomic mass is 10.2. The van der Waals surface area contributed by atoms with Gasteiger partial charge in [-0.3, -0.25) is 9.59 Å². The van der Waals surface area contributed by atoms with Gasteiger partial charge in [0.2, 0.25) is 0 Å². The van der Waals surface area contributed by atoms with E-state index in [9.17, 15) is 9.59 Å². The zero-order valence-corrected chi connectivity index (χ0v) is 16.1. The molecule has 6 heteroatoms. The van der Waals surface area contributed by atoms with Crippen LogP contribution in [0.5, 0.6) is 0 Å². The van der Waals surface area contributed by atoms with Crippen molar-refractivity contribution in [3.05, 3.63) is 57.2 Å². The van der Waals surface area contributed by atoms with E-state index in [0.29, 0.717) is 21.7 Å². The van der Waals surface area contributed by atoms with E-state index in [0.717, 1.165) is 28.7 Å². The van der Waals surface area contributed by atoms with Crippen molar-refractivity contribution in [3.63, 3.8) is 0 Å². The topological polar surface area (TPSA) is 42.3 Å². The van der Waals surface area contributed by atoms with Gasteiger partial charge in [-0.25, -0.2) is 4.90 Å². The number of aromatic nitrogens is 1. The van der Waals surface area contributed by atoms with Gasteiger partial charge in [0.1, 0.15) is 0 Å². The average molecular weight is 375 g/mol. The van der Waals surface area contributed by atoms with Crippen molar-refractivity contribution in [2.75, 3.05) is 4.90 Å². The molecule has 130 valence electrons. The lowest BCUT2D eigenvalue weighted by Crippen LogP contribution is -2.27. The van der Waals surface area contributed by atoms with Gasteiger partial charge in [0.05, 0.1) is 10.6 Å². The molecule has 1 saturated heterocycles. The van der Waals surface area contributed by atoms with Crippen LogP contribution in [0.1, 0.15) is 36.8 Å². The molecule has 4 nitrogen and oxygen atoms in total. The molecule has 0 saturated carbocycles. The molecule has 1 aliphatic heterocycles. The first kappa shape index (κ1) is 17.8. The standard InChI is InChI=1S/C19H19ClN2O2S/c1-11(2)21-12(3)9-14(13(21)4)10-17-18(23)22(19(24)25-17)16-7-5-15(20)6-8-16/h5-11H,1-4H3/b17-10+. The highest BCUT2D eigenvalue weighted by molar-refractivity contribution is 8.19. The number of thioether (sulfide) groups is 1. The minimum Gasteiger partial charge on any atom is -0.346 e. The highest BCUT2D eigenvalue weighted by Crippen LogP contribution is 2.36. The minimum absolute atomic E-state index is 0.295. The number of rotatable bonds is 3. The lowest BCUT2D eigenvalue weighted by molar-refractivity contribution is -0.113. The number of benzene rings is 1.